The molecule has 1 atom stereocenters. The van der Waals surface area contributed by atoms with E-state index >= 15 is 0 Å². The molecule has 0 saturated heterocycles. The molecule has 1 heterocycles. The van der Waals surface area contributed by atoms with Gasteiger partial charge in [0.15, 0.2) is 0 Å². The van der Waals surface area contributed by atoms with Gasteiger partial charge in [0.25, 0.3) is 0 Å². The highest BCUT2D eigenvalue weighted by molar-refractivity contribution is 5.67. The Kier molecular flexibility index (Phi) is 6.92. The summed E-state index contributed by atoms with van der Waals surface area (Å²) < 4.78 is 7.67. The van der Waals surface area contributed by atoms with Gasteiger partial charge in [-0.05, 0) is 77.7 Å². The molecule has 2 aliphatic carbocycles. The van der Waals surface area contributed by atoms with E-state index in [2.05, 4.69) is 28.1 Å². The van der Waals surface area contributed by atoms with Crippen molar-refractivity contribution in [2.75, 3.05) is 20.1 Å². The van der Waals surface area contributed by atoms with Gasteiger partial charge in [-0.1, -0.05) is 12.8 Å². The van der Waals surface area contributed by atoms with Gasteiger partial charge in [0.2, 0.25) is 0 Å². The van der Waals surface area contributed by atoms with Crippen LogP contribution in [0.1, 0.15) is 96.8 Å². The van der Waals surface area contributed by atoms with Gasteiger partial charge in [0.05, 0.1) is 11.7 Å². The fraction of sp³-hybridized carbons (Fsp3) is 0.826. The lowest BCUT2D eigenvalue weighted by atomic mass is 9.71. The van der Waals surface area contributed by atoms with Gasteiger partial charge in [-0.3, -0.25) is 4.68 Å². The highest BCUT2D eigenvalue weighted by atomic mass is 16.6. The molecule has 6 nitrogen and oxygen atoms in total. The van der Waals surface area contributed by atoms with E-state index in [1.807, 2.05) is 27.0 Å². The van der Waals surface area contributed by atoms with Crippen molar-refractivity contribution < 1.29 is 9.53 Å². The third-order valence-electron chi connectivity index (χ3n) is 6.77. The molecular weight excluding hydrogens is 364 g/mol. The SMILES string of the molecule is CC(NCCN(C)C(=O)OC(C)(C)C)c1ccnn1C1CCC2(CCCC2)CC1. The van der Waals surface area contributed by atoms with E-state index < -0.39 is 5.60 Å². The zero-order valence-corrected chi connectivity index (χ0v) is 19.0. The lowest BCUT2D eigenvalue weighted by molar-refractivity contribution is 0.0299. The molecule has 6 heteroatoms. The molecule has 1 aromatic heterocycles. The zero-order valence-electron chi connectivity index (χ0n) is 19.0. The largest absolute Gasteiger partial charge is 0.444 e. The van der Waals surface area contributed by atoms with Gasteiger partial charge in [-0.15, -0.1) is 0 Å². The summed E-state index contributed by atoms with van der Waals surface area (Å²) in [5.74, 6) is 0. The van der Waals surface area contributed by atoms with Gasteiger partial charge < -0.3 is 15.0 Å². The van der Waals surface area contributed by atoms with Crippen LogP contribution in [0.25, 0.3) is 0 Å². The molecule has 1 amide bonds. The van der Waals surface area contributed by atoms with Crippen LogP contribution in [0.5, 0.6) is 0 Å². The van der Waals surface area contributed by atoms with Crippen LogP contribution in [0.2, 0.25) is 0 Å². The Labute approximate surface area is 176 Å². The number of carbonyl (C=O) groups is 1. The Bertz CT molecular complexity index is 663. The second kappa shape index (κ2) is 9.07. The van der Waals surface area contributed by atoms with Gasteiger partial charge in [0, 0.05) is 32.4 Å². The molecule has 2 fully saturated rings. The van der Waals surface area contributed by atoms with E-state index in [1.54, 1.807) is 11.9 Å². The lowest BCUT2D eigenvalue weighted by Crippen LogP contribution is -2.38. The first-order valence-electron chi connectivity index (χ1n) is 11.4. The van der Waals surface area contributed by atoms with Crippen LogP contribution in [0.3, 0.4) is 0 Å². The average molecular weight is 405 g/mol. The fourth-order valence-electron chi connectivity index (χ4n) is 5.04. The molecule has 0 bridgehead atoms. The molecule has 1 N–H and O–H groups in total. The maximum Gasteiger partial charge on any atom is 0.410 e. The number of ether oxygens (including phenoxy) is 1. The predicted molar refractivity (Wildman–Crippen MR) is 116 cm³/mol. The number of likely N-dealkylation sites (N-methyl/N-ethyl adjacent to an activating group) is 1. The molecule has 1 aromatic rings. The molecule has 1 spiro atoms. The van der Waals surface area contributed by atoms with Crippen molar-refractivity contribution in [3.8, 4) is 0 Å². The minimum atomic E-state index is -0.463. The molecule has 29 heavy (non-hydrogen) atoms. The number of rotatable bonds is 6. The third-order valence-corrected chi connectivity index (χ3v) is 6.77. The molecule has 0 aromatic carbocycles. The Hall–Kier alpha value is -1.56. The Balaban J connectivity index is 1.48. The van der Waals surface area contributed by atoms with Gasteiger partial charge in [-0.25, -0.2) is 4.79 Å². The standard InChI is InChI=1S/C23H40N4O2/c1-18(24-16-17-26(5)21(28)29-22(2,3)4)20-10-15-25-27(20)19-8-13-23(14-9-19)11-6-7-12-23/h10,15,18-19,24H,6-9,11-14,16-17H2,1-5H3. The topological polar surface area (TPSA) is 59.4 Å². The molecule has 3 rings (SSSR count). The summed E-state index contributed by atoms with van der Waals surface area (Å²) >= 11 is 0. The van der Waals surface area contributed by atoms with Crippen LogP contribution >= 0.6 is 0 Å². The van der Waals surface area contributed by atoms with E-state index in [1.165, 1.54) is 57.1 Å². The quantitative estimate of drug-likeness (QED) is 0.718. The summed E-state index contributed by atoms with van der Waals surface area (Å²) in [5.41, 5.74) is 1.44. The highest BCUT2D eigenvalue weighted by Gasteiger charge is 2.38. The Morgan fingerprint density at radius 1 is 1.31 bits per heavy atom. The van der Waals surface area contributed by atoms with Crippen molar-refractivity contribution in [3.63, 3.8) is 0 Å². The first kappa shape index (κ1) is 22.1. The van der Waals surface area contributed by atoms with Crippen LogP contribution in [-0.4, -0.2) is 46.5 Å². The fourth-order valence-corrected chi connectivity index (χ4v) is 5.04. The minimum Gasteiger partial charge on any atom is -0.444 e. The number of hydrogen-bond donors (Lipinski definition) is 1. The summed E-state index contributed by atoms with van der Waals surface area (Å²) in [6, 6.07) is 2.86. The summed E-state index contributed by atoms with van der Waals surface area (Å²) in [6.07, 6.45) is 12.6. The van der Waals surface area contributed by atoms with Crippen molar-refractivity contribution in [2.24, 2.45) is 5.41 Å². The molecule has 1 unspecified atom stereocenters. The third kappa shape index (κ3) is 5.74. The Morgan fingerprint density at radius 2 is 1.97 bits per heavy atom. The first-order valence-corrected chi connectivity index (χ1v) is 11.4. The van der Waals surface area contributed by atoms with Crippen molar-refractivity contribution in [1.29, 1.82) is 0 Å². The van der Waals surface area contributed by atoms with E-state index in [4.69, 9.17) is 4.74 Å². The first-order chi connectivity index (χ1) is 13.7. The van der Waals surface area contributed by atoms with Crippen molar-refractivity contribution in [3.05, 3.63) is 18.0 Å². The monoisotopic (exact) mass is 404 g/mol. The number of nitrogens with zero attached hydrogens (tertiary/aromatic N) is 3. The lowest BCUT2D eigenvalue weighted by Gasteiger charge is -2.38. The number of aromatic nitrogens is 2. The zero-order chi connectivity index (χ0) is 21.1. The van der Waals surface area contributed by atoms with Crippen LogP contribution in [-0.2, 0) is 4.74 Å². The second-order valence-corrected chi connectivity index (χ2v) is 10.2. The Morgan fingerprint density at radius 3 is 2.59 bits per heavy atom. The molecule has 2 aliphatic rings. The smallest absolute Gasteiger partial charge is 0.410 e. The second-order valence-electron chi connectivity index (χ2n) is 10.2. The molecule has 0 radical (unpaired) electrons. The van der Waals surface area contributed by atoms with Crippen LogP contribution in [0.4, 0.5) is 4.79 Å². The van der Waals surface area contributed by atoms with E-state index in [-0.39, 0.29) is 12.1 Å². The maximum absolute atomic E-state index is 12.1. The predicted octanol–water partition coefficient (Wildman–Crippen LogP) is 5.08. The van der Waals surface area contributed by atoms with Crippen molar-refractivity contribution >= 4 is 6.09 Å². The average Bonchev–Trinajstić information content (AvgIpc) is 3.31. The molecule has 2 saturated carbocycles. The molecule has 164 valence electrons. The van der Waals surface area contributed by atoms with E-state index in [0.29, 0.717) is 18.0 Å². The number of nitrogens with one attached hydrogen (secondary N) is 1. The van der Waals surface area contributed by atoms with Gasteiger partial charge in [0.1, 0.15) is 5.60 Å². The summed E-state index contributed by atoms with van der Waals surface area (Å²) in [6.45, 7) is 9.18. The molecular formula is C23H40N4O2. The van der Waals surface area contributed by atoms with Crippen LogP contribution in [0.15, 0.2) is 12.3 Å². The molecule has 0 aliphatic heterocycles. The van der Waals surface area contributed by atoms with Crippen molar-refractivity contribution in [1.82, 2.24) is 20.0 Å². The van der Waals surface area contributed by atoms with Crippen LogP contribution in [0, 0.1) is 5.41 Å². The summed E-state index contributed by atoms with van der Waals surface area (Å²) in [7, 11) is 1.78. The van der Waals surface area contributed by atoms with Gasteiger partial charge >= 0.3 is 6.09 Å². The van der Waals surface area contributed by atoms with Crippen molar-refractivity contribution in [2.45, 2.75) is 96.7 Å². The van der Waals surface area contributed by atoms with Gasteiger partial charge in [-0.2, -0.15) is 5.10 Å². The number of hydrogen-bond acceptors (Lipinski definition) is 4. The normalized spacial score (nSPS) is 20.7. The maximum atomic E-state index is 12.1. The highest BCUT2D eigenvalue weighted by Crippen LogP contribution is 2.51. The minimum absolute atomic E-state index is 0.201. The summed E-state index contributed by atoms with van der Waals surface area (Å²) in [4.78, 5) is 13.7. The number of amides is 1. The summed E-state index contributed by atoms with van der Waals surface area (Å²) in [5, 5.41) is 8.23. The van der Waals surface area contributed by atoms with Crippen LogP contribution < -0.4 is 5.32 Å². The van der Waals surface area contributed by atoms with E-state index in [0.717, 1.165) is 6.54 Å². The number of carbonyl (C=O) groups excluding carboxylic acids is 1. The van der Waals surface area contributed by atoms with E-state index in [9.17, 15) is 4.79 Å².